The van der Waals surface area contributed by atoms with Gasteiger partial charge >= 0.3 is 0 Å². The summed E-state index contributed by atoms with van der Waals surface area (Å²) in [4.78, 5) is 12.1. The van der Waals surface area contributed by atoms with Gasteiger partial charge in [-0.25, -0.2) is 0 Å². The molecule has 0 rings (SSSR count). The van der Waals surface area contributed by atoms with Crippen molar-refractivity contribution in [2.45, 2.75) is 187 Å². The van der Waals surface area contributed by atoms with E-state index in [0.29, 0.717) is 30.4 Å². The maximum atomic E-state index is 12.1. The van der Waals surface area contributed by atoms with Gasteiger partial charge in [-0.2, -0.15) is 8.42 Å². The number of quaternary nitrogens is 1. The second-order valence-electron chi connectivity index (χ2n) is 14.0. The van der Waals surface area contributed by atoms with E-state index < -0.39 is 10.1 Å². The monoisotopic (exact) mass is 632 g/mol. The van der Waals surface area contributed by atoms with E-state index in [1.54, 1.807) is 0 Å². The summed E-state index contributed by atoms with van der Waals surface area (Å²) in [7, 11) is 0.218. The maximum Gasteiger partial charge on any atom is 0.265 e. The summed E-state index contributed by atoms with van der Waals surface area (Å²) in [6.07, 6.45) is 36.6. The number of hydrogen-bond acceptors (Lipinski definition) is 3. The summed E-state index contributed by atoms with van der Waals surface area (Å²) < 4.78 is 31.2. The Bertz CT molecular complexity index is 712. The van der Waals surface area contributed by atoms with Crippen molar-refractivity contribution in [2.24, 2.45) is 0 Å². The lowest BCUT2D eigenvalue weighted by Crippen LogP contribution is -2.43. The van der Waals surface area contributed by atoms with Crippen LogP contribution in [0.4, 0.5) is 0 Å². The minimum Gasteiger partial charge on any atom is -0.356 e. The van der Waals surface area contributed by atoms with Crippen LogP contribution in [-0.2, 0) is 14.9 Å². The van der Waals surface area contributed by atoms with Crippen molar-refractivity contribution in [2.75, 3.05) is 39.5 Å². The summed E-state index contributed by atoms with van der Waals surface area (Å²) >= 11 is 0. The lowest BCUT2D eigenvalue weighted by atomic mass is 10.0. The Hall–Kier alpha value is -0.660. The molecule has 0 saturated heterocycles. The molecular formula is C36H75N2O4S+. The summed E-state index contributed by atoms with van der Waals surface area (Å²) in [6, 6.07) is 0. The van der Waals surface area contributed by atoms with Gasteiger partial charge < -0.3 is 9.80 Å². The van der Waals surface area contributed by atoms with Crippen molar-refractivity contribution < 1.29 is 22.2 Å². The van der Waals surface area contributed by atoms with Crippen LogP contribution in [0.25, 0.3) is 0 Å². The van der Waals surface area contributed by atoms with E-state index in [1.165, 1.54) is 148 Å². The van der Waals surface area contributed by atoms with E-state index >= 15 is 0 Å². The number of unbranched alkanes of at least 4 members (excludes halogenated alkanes) is 24. The Morgan fingerprint density at radius 2 is 0.860 bits per heavy atom. The van der Waals surface area contributed by atoms with Crippen LogP contribution in [0.3, 0.4) is 0 Å². The summed E-state index contributed by atoms with van der Waals surface area (Å²) in [5, 5.41) is 3.02. The zero-order chi connectivity index (χ0) is 31.9. The number of amides is 1. The SMILES string of the molecule is CCCCCCCCCCCCCCCCCCCCCCCCCCCC(=O)NCCC[N+](C)(C)CCCS(=O)(=O)O. The molecule has 0 aliphatic rings. The molecule has 0 spiro atoms. The van der Waals surface area contributed by atoms with Gasteiger partial charge in [0.15, 0.2) is 0 Å². The average molecular weight is 632 g/mol. The largest absolute Gasteiger partial charge is 0.356 e. The third kappa shape index (κ3) is 35.7. The highest BCUT2D eigenvalue weighted by molar-refractivity contribution is 7.85. The zero-order valence-corrected chi connectivity index (χ0v) is 30.0. The quantitative estimate of drug-likeness (QED) is 0.0421. The third-order valence-electron chi connectivity index (χ3n) is 8.94. The number of carbonyl (C=O) groups is 1. The highest BCUT2D eigenvalue weighted by Gasteiger charge is 2.16. The van der Waals surface area contributed by atoms with Gasteiger partial charge in [0.2, 0.25) is 5.91 Å². The van der Waals surface area contributed by atoms with Crippen LogP contribution in [-0.4, -0.2) is 62.8 Å². The molecule has 0 heterocycles. The first-order valence-electron chi connectivity index (χ1n) is 18.7. The van der Waals surface area contributed by atoms with Crippen molar-refractivity contribution in [1.82, 2.24) is 5.32 Å². The van der Waals surface area contributed by atoms with Gasteiger partial charge in [0.05, 0.1) is 32.9 Å². The Morgan fingerprint density at radius 3 is 1.21 bits per heavy atom. The predicted molar refractivity (Wildman–Crippen MR) is 186 cm³/mol. The zero-order valence-electron chi connectivity index (χ0n) is 29.2. The summed E-state index contributed by atoms with van der Waals surface area (Å²) in [5.74, 6) is -0.0452. The van der Waals surface area contributed by atoms with E-state index in [4.69, 9.17) is 4.55 Å². The fourth-order valence-corrected chi connectivity index (χ4v) is 6.53. The number of carbonyl (C=O) groups excluding carboxylic acids is 1. The van der Waals surface area contributed by atoms with Crippen molar-refractivity contribution in [3.63, 3.8) is 0 Å². The van der Waals surface area contributed by atoms with Gasteiger partial charge in [0, 0.05) is 25.8 Å². The molecule has 0 atom stereocenters. The highest BCUT2D eigenvalue weighted by atomic mass is 32.2. The molecule has 0 aliphatic carbocycles. The van der Waals surface area contributed by atoms with Crippen LogP contribution in [0, 0.1) is 0 Å². The number of rotatable bonds is 34. The Balaban J connectivity index is 3.28. The van der Waals surface area contributed by atoms with Crippen LogP contribution >= 0.6 is 0 Å². The van der Waals surface area contributed by atoms with E-state index in [0.717, 1.165) is 25.8 Å². The molecule has 0 unspecified atom stereocenters. The molecule has 1 amide bonds. The van der Waals surface area contributed by atoms with Gasteiger partial charge in [-0.3, -0.25) is 9.35 Å². The molecule has 0 bridgehead atoms. The Morgan fingerprint density at radius 1 is 0.535 bits per heavy atom. The van der Waals surface area contributed by atoms with Crippen molar-refractivity contribution >= 4 is 16.0 Å². The summed E-state index contributed by atoms with van der Waals surface area (Å²) in [6.45, 7) is 4.51. The molecule has 43 heavy (non-hydrogen) atoms. The molecule has 0 aromatic rings. The maximum absolute atomic E-state index is 12.1. The Labute approximate surface area is 269 Å². The fourth-order valence-electron chi connectivity index (χ4n) is 6.03. The number of hydrogen-bond donors (Lipinski definition) is 2. The van der Waals surface area contributed by atoms with Crippen LogP contribution in [0.1, 0.15) is 187 Å². The van der Waals surface area contributed by atoms with Crippen molar-refractivity contribution in [1.29, 1.82) is 0 Å². The smallest absolute Gasteiger partial charge is 0.265 e. The summed E-state index contributed by atoms with van der Waals surface area (Å²) in [5.41, 5.74) is 0. The number of nitrogens with one attached hydrogen (secondary N) is 1. The van der Waals surface area contributed by atoms with Crippen molar-refractivity contribution in [3.05, 3.63) is 0 Å². The second kappa shape index (κ2) is 30.0. The predicted octanol–water partition coefficient (Wildman–Crippen LogP) is 10.0. The molecule has 0 aromatic carbocycles. The molecule has 258 valence electrons. The van der Waals surface area contributed by atoms with Crippen LogP contribution in [0.5, 0.6) is 0 Å². The standard InChI is InChI=1S/C36H74N2O4S/c1-4-5-6-7-8-9-10-11-12-13-14-15-16-17-18-19-20-21-22-23-24-25-26-27-28-31-36(39)37-32-29-33-38(2,3)34-30-35-43(40,41)42/h4-35H2,1-3H3,(H-,37,39,40,41,42)/p+1. The molecule has 0 fully saturated rings. The second-order valence-corrected chi connectivity index (χ2v) is 15.5. The molecule has 0 aromatic heterocycles. The average Bonchev–Trinajstić information content (AvgIpc) is 2.94. The first-order valence-corrected chi connectivity index (χ1v) is 20.3. The van der Waals surface area contributed by atoms with Gasteiger partial charge in [-0.15, -0.1) is 0 Å². The lowest BCUT2D eigenvalue weighted by Gasteiger charge is -2.29. The minimum absolute atomic E-state index is 0.144. The van der Waals surface area contributed by atoms with Crippen molar-refractivity contribution in [3.8, 4) is 0 Å². The van der Waals surface area contributed by atoms with E-state index in [1.807, 2.05) is 14.1 Å². The van der Waals surface area contributed by atoms with E-state index in [-0.39, 0.29) is 11.7 Å². The molecule has 2 N–H and O–H groups in total. The molecule has 6 nitrogen and oxygen atoms in total. The van der Waals surface area contributed by atoms with Gasteiger partial charge in [-0.05, 0) is 6.42 Å². The highest BCUT2D eigenvalue weighted by Crippen LogP contribution is 2.16. The van der Waals surface area contributed by atoms with E-state index in [9.17, 15) is 13.2 Å². The lowest BCUT2D eigenvalue weighted by molar-refractivity contribution is -0.890. The van der Waals surface area contributed by atoms with Gasteiger partial charge in [0.1, 0.15) is 0 Å². The molecule has 0 radical (unpaired) electrons. The minimum atomic E-state index is -3.88. The molecule has 7 heteroatoms. The molecular weight excluding hydrogens is 556 g/mol. The first kappa shape index (κ1) is 42.3. The third-order valence-corrected chi connectivity index (χ3v) is 9.74. The Kier molecular flexibility index (Phi) is 29.6. The van der Waals surface area contributed by atoms with Crippen LogP contribution in [0.15, 0.2) is 0 Å². The molecule has 0 aliphatic heterocycles. The van der Waals surface area contributed by atoms with Gasteiger partial charge in [0.25, 0.3) is 10.1 Å². The topological polar surface area (TPSA) is 83.5 Å². The van der Waals surface area contributed by atoms with Gasteiger partial charge in [-0.1, -0.05) is 161 Å². The first-order chi connectivity index (χ1) is 20.7. The normalized spacial score (nSPS) is 12.2. The van der Waals surface area contributed by atoms with E-state index in [2.05, 4.69) is 12.2 Å². The van der Waals surface area contributed by atoms with Crippen LogP contribution < -0.4 is 5.32 Å². The van der Waals surface area contributed by atoms with Crippen LogP contribution in [0.2, 0.25) is 0 Å². The number of nitrogens with zero attached hydrogens (tertiary/aromatic N) is 1. The fraction of sp³-hybridized carbons (Fsp3) is 0.972. The molecule has 0 saturated carbocycles.